The molecule has 6 heteroatoms. The highest BCUT2D eigenvalue weighted by molar-refractivity contribution is 4.86. The van der Waals surface area contributed by atoms with E-state index in [9.17, 15) is 5.11 Å². The second-order valence-corrected chi connectivity index (χ2v) is 4.52. The van der Waals surface area contributed by atoms with Crippen LogP contribution in [0.5, 0.6) is 0 Å². The largest absolute Gasteiger partial charge is 0.389 e. The van der Waals surface area contributed by atoms with Crippen molar-refractivity contribution in [3.63, 3.8) is 0 Å². The molecule has 0 radical (unpaired) electrons. The molecular weight excluding hydrogens is 220 g/mol. The van der Waals surface area contributed by atoms with Crippen molar-refractivity contribution in [2.75, 3.05) is 27.3 Å². The van der Waals surface area contributed by atoms with E-state index in [1.165, 1.54) is 0 Å². The maximum Gasteiger partial charge on any atom is 0.141 e. The average Bonchev–Trinajstić information content (AvgIpc) is 2.65. The summed E-state index contributed by atoms with van der Waals surface area (Å²) in [5, 5.41) is 13.8. The first-order chi connectivity index (χ1) is 8.04. The third-order valence-electron chi connectivity index (χ3n) is 2.43. The van der Waals surface area contributed by atoms with Gasteiger partial charge in [-0.2, -0.15) is 5.10 Å². The number of hydrogen-bond donors (Lipinski definition) is 1. The molecule has 0 fully saturated rings. The summed E-state index contributed by atoms with van der Waals surface area (Å²) in [5.74, 6) is 0.909. The number of ether oxygens (including phenoxy) is 1. The van der Waals surface area contributed by atoms with Gasteiger partial charge >= 0.3 is 0 Å². The van der Waals surface area contributed by atoms with Gasteiger partial charge in [0.25, 0.3) is 0 Å². The summed E-state index contributed by atoms with van der Waals surface area (Å²) in [6.07, 6.45) is 1.09. The molecule has 1 aromatic heterocycles. The van der Waals surface area contributed by atoms with Gasteiger partial charge in [-0.05, 0) is 20.9 Å². The molecular formula is C11H22N4O2. The lowest BCUT2D eigenvalue weighted by molar-refractivity contribution is 0.0411. The van der Waals surface area contributed by atoms with Crippen LogP contribution >= 0.6 is 0 Å². The van der Waals surface area contributed by atoms with E-state index in [2.05, 4.69) is 23.9 Å². The molecule has 6 nitrogen and oxygen atoms in total. The van der Waals surface area contributed by atoms with Crippen LogP contribution in [0.25, 0.3) is 0 Å². The van der Waals surface area contributed by atoms with Gasteiger partial charge in [0.2, 0.25) is 0 Å². The van der Waals surface area contributed by atoms with Crippen LogP contribution in [0.1, 0.15) is 25.7 Å². The van der Waals surface area contributed by atoms with Crippen molar-refractivity contribution >= 4 is 0 Å². The number of aromatic nitrogens is 3. The van der Waals surface area contributed by atoms with Gasteiger partial charge in [0.15, 0.2) is 0 Å². The lowest BCUT2D eigenvalue weighted by atomic mass is 10.3. The number of aliphatic hydroxyl groups is 1. The summed E-state index contributed by atoms with van der Waals surface area (Å²) in [6, 6.07) is 0.296. The maximum atomic E-state index is 9.62. The fourth-order valence-corrected chi connectivity index (χ4v) is 1.73. The molecule has 1 rings (SSSR count). The van der Waals surface area contributed by atoms with Gasteiger partial charge in [0.1, 0.15) is 12.2 Å². The molecule has 0 bridgehead atoms. The molecule has 0 spiro atoms. The Morgan fingerprint density at radius 3 is 2.82 bits per heavy atom. The van der Waals surface area contributed by atoms with Crippen molar-refractivity contribution in [3.8, 4) is 0 Å². The average molecular weight is 242 g/mol. The van der Waals surface area contributed by atoms with Crippen molar-refractivity contribution in [3.05, 3.63) is 12.2 Å². The van der Waals surface area contributed by atoms with E-state index in [1.54, 1.807) is 13.4 Å². The van der Waals surface area contributed by atoms with Crippen LogP contribution < -0.4 is 0 Å². The second kappa shape index (κ2) is 6.68. The van der Waals surface area contributed by atoms with E-state index in [4.69, 9.17) is 4.74 Å². The summed E-state index contributed by atoms with van der Waals surface area (Å²) >= 11 is 0. The van der Waals surface area contributed by atoms with Gasteiger partial charge in [-0.1, -0.05) is 0 Å². The summed E-state index contributed by atoms with van der Waals surface area (Å²) in [6.45, 7) is 5.70. The highest BCUT2D eigenvalue weighted by Gasteiger charge is 2.12. The third kappa shape index (κ3) is 4.41. The molecule has 17 heavy (non-hydrogen) atoms. The fraction of sp³-hybridized carbons (Fsp3) is 0.818. The van der Waals surface area contributed by atoms with Crippen molar-refractivity contribution < 1.29 is 9.84 Å². The number of aliphatic hydroxyl groups excluding tert-OH is 1. The minimum absolute atomic E-state index is 0.296. The van der Waals surface area contributed by atoms with Gasteiger partial charge in [-0.15, -0.1) is 0 Å². The Bertz CT molecular complexity index is 327. The van der Waals surface area contributed by atoms with Crippen LogP contribution in [0.2, 0.25) is 0 Å². The lowest BCUT2D eigenvalue weighted by Gasteiger charge is -2.20. The van der Waals surface area contributed by atoms with Crippen molar-refractivity contribution in [1.82, 2.24) is 19.7 Å². The Balaban J connectivity index is 2.50. The zero-order valence-electron chi connectivity index (χ0n) is 11.0. The summed E-state index contributed by atoms with van der Waals surface area (Å²) in [4.78, 5) is 6.23. The normalized spacial score (nSPS) is 13.6. The number of rotatable bonds is 7. The standard InChI is InChI=1S/C11H22N4O2/c1-9(2)15-11(12-8-13-15)6-14(3)5-10(16)7-17-4/h8-10,16H,5-7H2,1-4H3. The zero-order valence-corrected chi connectivity index (χ0v) is 11.0. The van der Waals surface area contributed by atoms with Crippen molar-refractivity contribution in [2.24, 2.45) is 0 Å². The second-order valence-electron chi connectivity index (χ2n) is 4.52. The minimum Gasteiger partial charge on any atom is -0.389 e. The van der Waals surface area contributed by atoms with Crippen molar-refractivity contribution in [2.45, 2.75) is 32.5 Å². The molecule has 0 aromatic carbocycles. The predicted molar refractivity (Wildman–Crippen MR) is 64.6 cm³/mol. The van der Waals surface area contributed by atoms with E-state index in [0.717, 1.165) is 5.82 Å². The smallest absolute Gasteiger partial charge is 0.141 e. The lowest BCUT2D eigenvalue weighted by Crippen LogP contribution is -2.32. The summed E-state index contributed by atoms with van der Waals surface area (Å²) < 4.78 is 6.78. The number of nitrogens with zero attached hydrogens (tertiary/aromatic N) is 4. The summed E-state index contributed by atoms with van der Waals surface area (Å²) in [7, 11) is 3.52. The SMILES string of the molecule is COCC(O)CN(C)Cc1ncnn1C(C)C. The Morgan fingerprint density at radius 1 is 1.53 bits per heavy atom. The minimum atomic E-state index is -0.472. The molecule has 1 atom stereocenters. The van der Waals surface area contributed by atoms with Crippen LogP contribution in [-0.4, -0.2) is 58.2 Å². The van der Waals surface area contributed by atoms with E-state index in [0.29, 0.717) is 25.7 Å². The molecule has 0 saturated heterocycles. The monoisotopic (exact) mass is 242 g/mol. The quantitative estimate of drug-likeness (QED) is 0.745. The molecule has 1 aromatic rings. The topological polar surface area (TPSA) is 63.4 Å². The number of methoxy groups -OCH3 is 1. The van der Waals surface area contributed by atoms with E-state index in [-0.39, 0.29) is 0 Å². The van der Waals surface area contributed by atoms with E-state index >= 15 is 0 Å². The molecule has 98 valence electrons. The summed E-state index contributed by atoms with van der Waals surface area (Å²) in [5.41, 5.74) is 0. The molecule has 1 unspecified atom stereocenters. The number of hydrogen-bond acceptors (Lipinski definition) is 5. The molecule has 0 aliphatic carbocycles. The van der Waals surface area contributed by atoms with Crippen LogP contribution in [0, 0.1) is 0 Å². The van der Waals surface area contributed by atoms with Crippen LogP contribution in [-0.2, 0) is 11.3 Å². The van der Waals surface area contributed by atoms with Gasteiger partial charge in [-0.3, -0.25) is 4.90 Å². The Hall–Kier alpha value is -0.980. The van der Waals surface area contributed by atoms with E-state index in [1.807, 2.05) is 16.6 Å². The highest BCUT2D eigenvalue weighted by Crippen LogP contribution is 2.07. The molecule has 0 aliphatic rings. The van der Waals surface area contributed by atoms with E-state index < -0.39 is 6.10 Å². The fourth-order valence-electron chi connectivity index (χ4n) is 1.73. The molecule has 1 heterocycles. The number of likely N-dealkylation sites (N-methyl/N-ethyl adjacent to an activating group) is 1. The molecule has 1 N–H and O–H groups in total. The van der Waals surface area contributed by atoms with Crippen LogP contribution in [0.3, 0.4) is 0 Å². The first-order valence-corrected chi connectivity index (χ1v) is 5.78. The van der Waals surface area contributed by atoms with Gasteiger partial charge in [0, 0.05) is 19.7 Å². The van der Waals surface area contributed by atoms with Crippen LogP contribution in [0.15, 0.2) is 6.33 Å². The third-order valence-corrected chi connectivity index (χ3v) is 2.43. The first-order valence-electron chi connectivity index (χ1n) is 5.78. The van der Waals surface area contributed by atoms with Gasteiger partial charge < -0.3 is 9.84 Å². The zero-order chi connectivity index (χ0) is 12.8. The maximum absolute atomic E-state index is 9.62. The molecule has 0 amide bonds. The predicted octanol–water partition coefficient (Wildman–Crippen LogP) is 0.298. The van der Waals surface area contributed by atoms with Gasteiger partial charge in [0.05, 0.1) is 19.3 Å². The molecule has 0 aliphatic heterocycles. The van der Waals surface area contributed by atoms with Gasteiger partial charge in [-0.25, -0.2) is 9.67 Å². The van der Waals surface area contributed by atoms with Crippen LogP contribution in [0.4, 0.5) is 0 Å². The van der Waals surface area contributed by atoms with Crippen molar-refractivity contribution in [1.29, 1.82) is 0 Å². The molecule has 0 saturated carbocycles. The Morgan fingerprint density at radius 2 is 2.24 bits per heavy atom. The first kappa shape index (κ1) is 14.1. The Kier molecular flexibility index (Phi) is 5.54. The Labute approximate surface area is 102 Å². The highest BCUT2D eigenvalue weighted by atomic mass is 16.5.